The second-order valence-electron chi connectivity index (χ2n) is 8.17. The van der Waals surface area contributed by atoms with Crippen LogP contribution in [0.25, 0.3) is 0 Å². The molecular formula is C19H34N2O3. The van der Waals surface area contributed by atoms with Gasteiger partial charge in [-0.1, -0.05) is 0 Å². The van der Waals surface area contributed by atoms with E-state index >= 15 is 0 Å². The summed E-state index contributed by atoms with van der Waals surface area (Å²) in [5.74, 6) is 0. The fraction of sp³-hybridized carbons (Fsp3) is 1.00. The van der Waals surface area contributed by atoms with Crippen molar-refractivity contribution in [2.24, 2.45) is 0 Å². The van der Waals surface area contributed by atoms with Gasteiger partial charge in [0.25, 0.3) is 0 Å². The first-order valence-electron chi connectivity index (χ1n) is 10.2. The molecule has 0 spiro atoms. The molecule has 0 amide bonds. The molecule has 4 atom stereocenters. The normalized spacial score (nSPS) is 38.8. The van der Waals surface area contributed by atoms with Crippen molar-refractivity contribution in [3.8, 4) is 0 Å². The van der Waals surface area contributed by atoms with Gasteiger partial charge in [0, 0.05) is 51.5 Å². The van der Waals surface area contributed by atoms with E-state index in [-0.39, 0.29) is 6.10 Å². The summed E-state index contributed by atoms with van der Waals surface area (Å²) in [6.07, 6.45) is 10.2. The minimum atomic E-state index is -0.260. The predicted molar refractivity (Wildman–Crippen MR) is 93.1 cm³/mol. The summed E-state index contributed by atoms with van der Waals surface area (Å²) in [6, 6.07) is 1.07. The second-order valence-corrected chi connectivity index (χ2v) is 8.17. The summed E-state index contributed by atoms with van der Waals surface area (Å²) in [5.41, 5.74) is 0. The van der Waals surface area contributed by atoms with Crippen LogP contribution in [-0.4, -0.2) is 84.7 Å². The molecule has 138 valence electrons. The van der Waals surface area contributed by atoms with Crippen molar-refractivity contribution in [1.29, 1.82) is 0 Å². The van der Waals surface area contributed by atoms with Gasteiger partial charge in [-0.2, -0.15) is 0 Å². The average Bonchev–Trinajstić information content (AvgIpc) is 3.15. The number of rotatable bonds is 4. The van der Waals surface area contributed by atoms with Gasteiger partial charge >= 0.3 is 0 Å². The number of hydrogen-bond acceptors (Lipinski definition) is 5. The summed E-state index contributed by atoms with van der Waals surface area (Å²) in [4.78, 5) is 5.05. The molecule has 0 aromatic carbocycles. The van der Waals surface area contributed by atoms with E-state index in [9.17, 15) is 5.11 Å². The standard InChI is InChI=1S/C19H34N2O3/c22-15(13-20-9-3-11-23-18-7-1-5-16(18)20)14-21-10-4-12-24-19-8-2-6-17(19)21/h15-19,22H,1-14H2/t16-,17-,18-,19-/m1/s1. The zero-order valence-electron chi connectivity index (χ0n) is 14.9. The highest BCUT2D eigenvalue weighted by Gasteiger charge is 2.37. The quantitative estimate of drug-likeness (QED) is 0.844. The van der Waals surface area contributed by atoms with Crippen LogP contribution in [0.5, 0.6) is 0 Å². The molecule has 4 rings (SSSR count). The molecular weight excluding hydrogens is 304 g/mol. The first kappa shape index (κ1) is 17.2. The predicted octanol–water partition coefficient (Wildman–Crippen LogP) is 1.63. The molecule has 2 saturated carbocycles. The average molecular weight is 338 g/mol. The fourth-order valence-electron chi connectivity index (χ4n) is 5.43. The van der Waals surface area contributed by atoms with Gasteiger partial charge in [0.05, 0.1) is 18.3 Å². The summed E-state index contributed by atoms with van der Waals surface area (Å²) in [7, 11) is 0. The van der Waals surface area contributed by atoms with Crippen LogP contribution in [0, 0.1) is 0 Å². The van der Waals surface area contributed by atoms with Crippen LogP contribution in [0.1, 0.15) is 51.4 Å². The Morgan fingerprint density at radius 1 is 0.750 bits per heavy atom. The molecule has 4 fully saturated rings. The summed E-state index contributed by atoms with van der Waals surface area (Å²) < 4.78 is 12.0. The van der Waals surface area contributed by atoms with Crippen molar-refractivity contribution in [1.82, 2.24) is 9.80 Å². The Hall–Kier alpha value is -0.200. The summed E-state index contributed by atoms with van der Waals surface area (Å²) >= 11 is 0. The van der Waals surface area contributed by atoms with E-state index < -0.39 is 0 Å². The maximum Gasteiger partial charge on any atom is 0.0794 e. The van der Waals surface area contributed by atoms with Crippen LogP contribution in [-0.2, 0) is 9.47 Å². The molecule has 24 heavy (non-hydrogen) atoms. The number of fused-ring (bicyclic) bond motifs is 2. The fourth-order valence-corrected chi connectivity index (χ4v) is 5.43. The molecule has 5 heteroatoms. The monoisotopic (exact) mass is 338 g/mol. The molecule has 1 N–H and O–H groups in total. The highest BCUT2D eigenvalue weighted by molar-refractivity contribution is 4.92. The first-order valence-corrected chi connectivity index (χ1v) is 10.2. The third-order valence-corrected chi connectivity index (χ3v) is 6.51. The molecule has 5 nitrogen and oxygen atoms in total. The zero-order valence-corrected chi connectivity index (χ0v) is 14.9. The van der Waals surface area contributed by atoms with Crippen LogP contribution < -0.4 is 0 Å². The third-order valence-electron chi connectivity index (χ3n) is 6.51. The Bertz CT molecular complexity index is 372. The minimum Gasteiger partial charge on any atom is -0.390 e. The van der Waals surface area contributed by atoms with Gasteiger partial charge in [-0.05, 0) is 51.4 Å². The molecule has 0 bridgehead atoms. The number of hydrogen-bond donors (Lipinski definition) is 1. The van der Waals surface area contributed by atoms with Gasteiger partial charge < -0.3 is 14.6 Å². The number of β-amino-alcohol motifs (C(OH)–C–C–N with tert-alkyl or cyclic N) is 1. The van der Waals surface area contributed by atoms with Gasteiger partial charge in [-0.3, -0.25) is 9.80 Å². The third kappa shape index (κ3) is 3.80. The zero-order chi connectivity index (χ0) is 16.4. The molecule has 2 heterocycles. The van der Waals surface area contributed by atoms with E-state index in [1.165, 1.54) is 38.5 Å². The lowest BCUT2D eigenvalue weighted by molar-refractivity contribution is -0.000274. The Morgan fingerprint density at radius 3 is 1.75 bits per heavy atom. The van der Waals surface area contributed by atoms with E-state index in [2.05, 4.69) is 9.80 Å². The van der Waals surface area contributed by atoms with Crippen LogP contribution in [0.4, 0.5) is 0 Å². The van der Waals surface area contributed by atoms with E-state index in [1.54, 1.807) is 0 Å². The molecule has 2 aliphatic heterocycles. The number of ether oxygens (including phenoxy) is 2. The van der Waals surface area contributed by atoms with Gasteiger partial charge in [0.1, 0.15) is 0 Å². The van der Waals surface area contributed by atoms with Crippen molar-refractivity contribution < 1.29 is 14.6 Å². The minimum absolute atomic E-state index is 0.260. The highest BCUT2D eigenvalue weighted by atomic mass is 16.5. The molecule has 2 saturated heterocycles. The van der Waals surface area contributed by atoms with Crippen LogP contribution >= 0.6 is 0 Å². The lowest BCUT2D eigenvalue weighted by Gasteiger charge is -2.35. The molecule has 0 aromatic rings. The van der Waals surface area contributed by atoms with Crippen molar-refractivity contribution >= 4 is 0 Å². The van der Waals surface area contributed by atoms with Crippen molar-refractivity contribution in [2.75, 3.05) is 39.4 Å². The first-order chi connectivity index (χ1) is 11.8. The van der Waals surface area contributed by atoms with Crippen molar-refractivity contribution in [3.63, 3.8) is 0 Å². The Kier molecular flexibility index (Phi) is 5.74. The SMILES string of the molecule is OC(CN1CCCO[C@@H]2CCC[C@H]21)CN1CCCO[C@@H]2CCC[C@H]21. The summed E-state index contributed by atoms with van der Waals surface area (Å²) in [5, 5.41) is 10.8. The smallest absolute Gasteiger partial charge is 0.0794 e. The van der Waals surface area contributed by atoms with Crippen LogP contribution in [0.2, 0.25) is 0 Å². The van der Waals surface area contributed by atoms with E-state index in [0.717, 1.165) is 52.2 Å². The topological polar surface area (TPSA) is 45.2 Å². The van der Waals surface area contributed by atoms with E-state index in [1.807, 2.05) is 0 Å². The van der Waals surface area contributed by atoms with E-state index in [0.29, 0.717) is 24.3 Å². The van der Waals surface area contributed by atoms with Gasteiger partial charge in [-0.25, -0.2) is 0 Å². The largest absolute Gasteiger partial charge is 0.390 e. The van der Waals surface area contributed by atoms with E-state index in [4.69, 9.17) is 9.47 Å². The number of nitrogens with zero attached hydrogens (tertiary/aromatic N) is 2. The lowest BCUT2D eigenvalue weighted by atomic mass is 10.1. The van der Waals surface area contributed by atoms with Crippen LogP contribution in [0.15, 0.2) is 0 Å². The van der Waals surface area contributed by atoms with Crippen molar-refractivity contribution in [2.45, 2.75) is 81.8 Å². The molecule has 2 aliphatic carbocycles. The molecule has 4 aliphatic rings. The Morgan fingerprint density at radius 2 is 1.25 bits per heavy atom. The van der Waals surface area contributed by atoms with Gasteiger partial charge in [0.2, 0.25) is 0 Å². The maximum atomic E-state index is 10.8. The lowest BCUT2D eigenvalue weighted by Crippen LogP contribution is -2.49. The number of aliphatic hydroxyl groups excluding tert-OH is 1. The van der Waals surface area contributed by atoms with Crippen LogP contribution in [0.3, 0.4) is 0 Å². The number of aliphatic hydroxyl groups is 1. The molecule has 0 aromatic heterocycles. The maximum absolute atomic E-state index is 10.8. The van der Waals surface area contributed by atoms with Crippen molar-refractivity contribution in [3.05, 3.63) is 0 Å². The highest BCUT2D eigenvalue weighted by Crippen LogP contribution is 2.31. The Balaban J connectivity index is 1.34. The molecule has 0 unspecified atom stereocenters. The van der Waals surface area contributed by atoms with Gasteiger partial charge in [-0.15, -0.1) is 0 Å². The summed E-state index contributed by atoms with van der Waals surface area (Å²) in [6.45, 7) is 5.54. The second kappa shape index (κ2) is 8.00. The molecule has 0 radical (unpaired) electrons. The Labute approximate surface area is 146 Å². The van der Waals surface area contributed by atoms with Gasteiger partial charge in [0.15, 0.2) is 0 Å².